The number of benzene rings is 1. The van der Waals surface area contributed by atoms with Crippen LogP contribution in [0.3, 0.4) is 0 Å². The maximum Gasteiger partial charge on any atom is 0.254 e. The van der Waals surface area contributed by atoms with Gasteiger partial charge in [0.2, 0.25) is 5.91 Å². The molecule has 1 aromatic rings. The molecule has 2 aliphatic carbocycles. The molecule has 2 fully saturated rings. The predicted molar refractivity (Wildman–Crippen MR) is 107 cm³/mol. The summed E-state index contributed by atoms with van der Waals surface area (Å²) in [5.74, 6) is 0.0412. The second-order valence-electron chi connectivity index (χ2n) is 8.59. The molecular weight excluding hydrogens is 336 g/mol. The Morgan fingerprint density at radius 3 is 2.52 bits per heavy atom. The quantitative estimate of drug-likeness (QED) is 0.856. The monoisotopic (exact) mass is 368 g/mol. The van der Waals surface area contributed by atoms with Crippen LogP contribution in [0.4, 0.5) is 0 Å². The van der Waals surface area contributed by atoms with Crippen LogP contribution >= 0.6 is 0 Å². The predicted octanol–water partition coefficient (Wildman–Crippen LogP) is 4.40. The Morgan fingerprint density at radius 2 is 1.81 bits per heavy atom. The molecule has 146 valence electrons. The smallest absolute Gasteiger partial charge is 0.254 e. The van der Waals surface area contributed by atoms with Crippen molar-refractivity contribution >= 4 is 11.8 Å². The number of amides is 2. The Bertz CT molecular complexity index is 702. The van der Waals surface area contributed by atoms with Gasteiger partial charge in [-0.3, -0.25) is 9.59 Å². The van der Waals surface area contributed by atoms with Crippen LogP contribution in [0, 0.1) is 0 Å². The summed E-state index contributed by atoms with van der Waals surface area (Å²) in [5, 5.41) is 3.16. The molecular formula is C23H32N2O2. The summed E-state index contributed by atoms with van der Waals surface area (Å²) >= 11 is 0. The van der Waals surface area contributed by atoms with E-state index in [1.165, 1.54) is 19.3 Å². The number of fused-ring (bicyclic) bond motifs is 1. The van der Waals surface area contributed by atoms with E-state index in [1.54, 1.807) is 0 Å². The molecule has 0 aromatic heterocycles. The third-order valence-corrected chi connectivity index (χ3v) is 6.96. The van der Waals surface area contributed by atoms with Gasteiger partial charge in [-0.1, -0.05) is 57.2 Å². The number of rotatable bonds is 4. The molecule has 4 nitrogen and oxygen atoms in total. The van der Waals surface area contributed by atoms with Crippen LogP contribution in [-0.4, -0.2) is 34.8 Å². The van der Waals surface area contributed by atoms with Crippen molar-refractivity contribution in [3.05, 3.63) is 35.4 Å². The summed E-state index contributed by atoms with van der Waals surface area (Å²) < 4.78 is 0. The molecule has 1 heterocycles. The second-order valence-corrected chi connectivity index (χ2v) is 8.59. The van der Waals surface area contributed by atoms with Crippen molar-refractivity contribution in [2.24, 2.45) is 0 Å². The molecule has 0 saturated heterocycles. The summed E-state index contributed by atoms with van der Waals surface area (Å²) in [5.41, 5.74) is 1.36. The van der Waals surface area contributed by atoms with E-state index in [1.807, 2.05) is 24.3 Å². The standard InChI is InChI=1S/C23H32N2O2/c1-2-16-24-21(26)20-18-12-6-7-13-19(18)22(27)25(17-10-4-5-11-17)23(20)14-8-3-9-15-23/h6-7,12-13,17,20H,2-5,8-11,14-16H2,1H3,(H,24,26)/t20-/m1/s1. The maximum atomic E-state index is 13.7. The first-order valence-corrected chi connectivity index (χ1v) is 10.9. The van der Waals surface area contributed by atoms with Gasteiger partial charge in [0, 0.05) is 18.2 Å². The van der Waals surface area contributed by atoms with Crippen molar-refractivity contribution in [2.75, 3.05) is 6.54 Å². The van der Waals surface area contributed by atoms with E-state index in [4.69, 9.17) is 0 Å². The topological polar surface area (TPSA) is 49.4 Å². The van der Waals surface area contributed by atoms with Gasteiger partial charge < -0.3 is 10.2 Å². The van der Waals surface area contributed by atoms with Crippen molar-refractivity contribution in [1.82, 2.24) is 10.2 Å². The van der Waals surface area contributed by atoms with Crippen LogP contribution in [0.25, 0.3) is 0 Å². The second kappa shape index (κ2) is 7.65. The highest BCUT2D eigenvalue weighted by molar-refractivity contribution is 6.02. The van der Waals surface area contributed by atoms with Gasteiger partial charge in [-0.25, -0.2) is 0 Å². The van der Waals surface area contributed by atoms with Crippen LogP contribution in [-0.2, 0) is 4.79 Å². The zero-order valence-electron chi connectivity index (χ0n) is 16.5. The fraction of sp³-hybridized carbons (Fsp3) is 0.652. The lowest BCUT2D eigenvalue weighted by Crippen LogP contribution is -2.65. The zero-order valence-corrected chi connectivity index (χ0v) is 16.5. The minimum absolute atomic E-state index is 0.113. The van der Waals surface area contributed by atoms with E-state index in [0.717, 1.165) is 56.1 Å². The number of hydrogen-bond donors (Lipinski definition) is 1. The van der Waals surface area contributed by atoms with Crippen molar-refractivity contribution in [1.29, 1.82) is 0 Å². The fourth-order valence-corrected chi connectivity index (χ4v) is 5.83. The third-order valence-electron chi connectivity index (χ3n) is 6.96. The van der Waals surface area contributed by atoms with Crippen molar-refractivity contribution in [2.45, 2.75) is 88.6 Å². The van der Waals surface area contributed by atoms with E-state index >= 15 is 0 Å². The molecule has 2 amide bonds. The molecule has 0 bridgehead atoms. The average molecular weight is 369 g/mol. The summed E-state index contributed by atoms with van der Waals surface area (Å²) in [6, 6.07) is 8.16. The Balaban J connectivity index is 1.85. The first-order chi connectivity index (χ1) is 13.2. The van der Waals surface area contributed by atoms with Crippen LogP contribution in [0.5, 0.6) is 0 Å². The molecule has 2 saturated carbocycles. The Kier molecular flexibility index (Phi) is 5.25. The molecule has 4 rings (SSSR count). The lowest BCUT2D eigenvalue weighted by atomic mass is 9.64. The normalized spacial score (nSPS) is 24.9. The van der Waals surface area contributed by atoms with Crippen LogP contribution in [0.15, 0.2) is 24.3 Å². The van der Waals surface area contributed by atoms with Gasteiger partial charge >= 0.3 is 0 Å². The maximum absolute atomic E-state index is 13.7. The van der Waals surface area contributed by atoms with E-state index in [2.05, 4.69) is 17.1 Å². The van der Waals surface area contributed by atoms with Gasteiger partial charge in [-0.05, 0) is 43.7 Å². The average Bonchev–Trinajstić information content (AvgIpc) is 3.21. The highest BCUT2D eigenvalue weighted by Gasteiger charge is 2.56. The van der Waals surface area contributed by atoms with Gasteiger partial charge in [0.25, 0.3) is 5.91 Å². The van der Waals surface area contributed by atoms with Crippen LogP contribution in [0.2, 0.25) is 0 Å². The summed E-state index contributed by atoms with van der Waals surface area (Å²) in [4.78, 5) is 29.3. The van der Waals surface area contributed by atoms with Crippen molar-refractivity contribution < 1.29 is 9.59 Å². The number of nitrogens with one attached hydrogen (secondary N) is 1. The Labute approximate surface area is 162 Å². The van der Waals surface area contributed by atoms with Crippen molar-refractivity contribution in [3.63, 3.8) is 0 Å². The third kappa shape index (κ3) is 3.07. The van der Waals surface area contributed by atoms with Gasteiger partial charge in [-0.15, -0.1) is 0 Å². The number of carbonyl (C=O) groups excluding carboxylic acids is 2. The zero-order chi connectivity index (χ0) is 18.9. The van der Waals surface area contributed by atoms with Crippen LogP contribution in [0.1, 0.15) is 93.0 Å². The van der Waals surface area contributed by atoms with Gasteiger partial charge in [0.05, 0.1) is 11.5 Å². The molecule has 1 N–H and O–H groups in total. The lowest BCUT2D eigenvalue weighted by Gasteiger charge is -2.56. The fourth-order valence-electron chi connectivity index (χ4n) is 5.83. The Morgan fingerprint density at radius 1 is 1.11 bits per heavy atom. The summed E-state index contributed by atoms with van der Waals surface area (Å²) in [7, 11) is 0. The van der Waals surface area contributed by atoms with Gasteiger partial charge in [0.1, 0.15) is 0 Å². The van der Waals surface area contributed by atoms with E-state index < -0.39 is 0 Å². The molecule has 3 aliphatic rings. The number of nitrogens with zero attached hydrogens (tertiary/aromatic N) is 1. The molecule has 1 atom stereocenters. The van der Waals surface area contributed by atoms with Crippen molar-refractivity contribution in [3.8, 4) is 0 Å². The number of hydrogen-bond acceptors (Lipinski definition) is 2. The summed E-state index contributed by atoms with van der Waals surface area (Å²) in [6.07, 6.45) is 10.8. The molecule has 4 heteroatoms. The minimum atomic E-state index is -0.337. The Hall–Kier alpha value is -1.84. The molecule has 1 aliphatic heterocycles. The van der Waals surface area contributed by atoms with E-state index in [-0.39, 0.29) is 23.3 Å². The van der Waals surface area contributed by atoms with E-state index in [9.17, 15) is 9.59 Å². The first-order valence-electron chi connectivity index (χ1n) is 10.9. The highest BCUT2D eigenvalue weighted by Crippen LogP contribution is 2.51. The van der Waals surface area contributed by atoms with Crippen LogP contribution < -0.4 is 5.32 Å². The molecule has 1 aromatic carbocycles. The summed E-state index contributed by atoms with van der Waals surface area (Å²) in [6.45, 7) is 2.78. The van der Waals surface area contributed by atoms with Gasteiger partial charge in [0.15, 0.2) is 0 Å². The van der Waals surface area contributed by atoms with Gasteiger partial charge in [-0.2, -0.15) is 0 Å². The largest absolute Gasteiger partial charge is 0.356 e. The SMILES string of the molecule is CCCNC(=O)[C@H]1c2ccccc2C(=O)N(C2CCCC2)C12CCCCC2. The number of carbonyl (C=O) groups is 2. The molecule has 0 radical (unpaired) electrons. The highest BCUT2D eigenvalue weighted by atomic mass is 16.2. The molecule has 27 heavy (non-hydrogen) atoms. The molecule has 0 unspecified atom stereocenters. The lowest BCUT2D eigenvalue weighted by molar-refractivity contribution is -0.128. The molecule has 1 spiro atoms. The first kappa shape index (κ1) is 18.5. The van der Waals surface area contributed by atoms with E-state index in [0.29, 0.717) is 12.6 Å². The minimum Gasteiger partial charge on any atom is -0.356 e.